The number of carbonyl (C=O) groups is 4. The van der Waals surface area contributed by atoms with Gasteiger partial charge in [0.2, 0.25) is 10.8 Å². The Labute approximate surface area is 458 Å². The zero-order valence-electron chi connectivity index (χ0n) is 44.4. The van der Waals surface area contributed by atoms with Gasteiger partial charge in [-0.2, -0.15) is 52.7 Å². The van der Waals surface area contributed by atoms with E-state index in [-0.39, 0.29) is 38.9 Å². The third-order valence-electron chi connectivity index (χ3n) is 13.3. The molecule has 9 nitrogen and oxygen atoms in total. The molecule has 0 spiro atoms. The van der Waals surface area contributed by atoms with E-state index in [1.807, 2.05) is 0 Å². The van der Waals surface area contributed by atoms with E-state index in [0.29, 0.717) is 53.5 Å². The van der Waals surface area contributed by atoms with Gasteiger partial charge in [0.05, 0.1) is 23.4 Å². The first-order valence-electron chi connectivity index (χ1n) is 24.5. The van der Waals surface area contributed by atoms with Crippen LogP contribution >= 0.6 is 0 Å². The van der Waals surface area contributed by atoms with Crippen molar-refractivity contribution >= 4 is 40.7 Å². The minimum Gasteiger partial charge on any atom is -0.512 e. The summed E-state index contributed by atoms with van der Waals surface area (Å²) in [6, 6.07) is 18.4. The van der Waals surface area contributed by atoms with Crippen LogP contribution < -0.4 is 15.5 Å². The Bertz CT molecular complexity index is 3330. The number of aliphatic hydroxyl groups excluding tert-OH is 1. The lowest BCUT2D eigenvalue weighted by Gasteiger charge is -2.39. The molecular formula is C60H53F12N3O6. The van der Waals surface area contributed by atoms with Crippen LogP contribution in [-0.2, 0) is 15.6 Å². The van der Waals surface area contributed by atoms with Crippen LogP contribution in [-0.4, -0.2) is 60.0 Å². The number of imide groups is 1. The number of ether oxygens (including phenoxy) is 1. The van der Waals surface area contributed by atoms with Gasteiger partial charge in [-0.15, -0.1) is 12.3 Å². The molecule has 0 fully saturated rings. The second-order valence-corrected chi connectivity index (χ2v) is 18.6. The highest BCUT2D eigenvalue weighted by Crippen LogP contribution is 2.59. The van der Waals surface area contributed by atoms with E-state index in [2.05, 4.69) is 29.9 Å². The molecule has 0 bridgehead atoms. The Morgan fingerprint density at radius 1 is 0.556 bits per heavy atom. The normalized spacial score (nSPS) is 12.9. The van der Waals surface area contributed by atoms with Crippen LogP contribution in [0.15, 0.2) is 134 Å². The fourth-order valence-electron chi connectivity index (χ4n) is 8.94. The number of hydrogen-bond donors (Lipinski definition) is 3. The topological polar surface area (TPSA) is 125 Å². The van der Waals surface area contributed by atoms with Crippen molar-refractivity contribution in [3.63, 3.8) is 0 Å². The molecule has 0 saturated heterocycles. The summed E-state index contributed by atoms with van der Waals surface area (Å²) in [5.41, 5.74) is -16.6. The molecule has 81 heavy (non-hydrogen) atoms. The zero-order chi connectivity index (χ0) is 60.6. The molecule has 0 unspecified atom stereocenters. The first-order chi connectivity index (χ1) is 37.8. The van der Waals surface area contributed by atoms with Crippen LogP contribution in [0.5, 0.6) is 0 Å². The SMILES string of the molecule is C#CC.CCCCO/C=C\O.Cc1ccc(C(c2ccc(C)c(NC(=O)c3cccc(C(=O)Nc4cc(C(c5ccc(C)c(N6C(=O)c7ccccc7C6=O)c5)(C(F)(F)F)C(F)(F)F)ccc4C)c3)c2)(C(F)(F)F)C(F)(F)F)cc1C. The number of aryl methyl sites for hydroxylation is 5. The first-order valence-corrected chi connectivity index (χ1v) is 24.5. The number of halogens is 12. The minimum absolute atomic E-state index is 0.00829. The first kappa shape index (κ1) is 63.3. The molecule has 0 aliphatic carbocycles. The number of amides is 4. The predicted octanol–water partition coefficient (Wildman–Crippen LogP) is 15.8. The third-order valence-corrected chi connectivity index (χ3v) is 13.3. The minimum atomic E-state index is -6.16. The highest BCUT2D eigenvalue weighted by Gasteiger charge is 2.74. The molecule has 1 aliphatic rings. The Morgan fingerprint density at radius 3 is 1.32 bits per heavy atom. The monoisotopic (exact) mass is 1140 g/mol. The average Bonchev–Trinajstić information content (AvgIpc) is 3.69. The maximum atomic E-state index is 15.5. The van der Waals surface area contributed by atoms with Gasteiger partial charge in [0.1, 0.15) is 12.5 Å². The van der Waals surface area contributed by atoms with Crippen molar-refractivity contribution in [3.05, 3.63) is 206 Å². The second-order valence-electron chi connectivity index (χ2n) is 18.6. The number of benzene rings is 6. The van der Waals surface area contributed by atoms with E-state index in [0.717, 1.165) is 79.8 Å². The maximum absolute atomic E-state index is 15.5. The number of carbonyl (C=O) groups excluding carboxylic acids is 4. The van der Waals surface area contributed by atoms with Gasteiger partial charge in [-0.3, -0.25) is 19.2 Å². The van der Waals surface area contributed by atoms with Crippen molar-refractivity contribution in [2.45, 2.75) is 96.8 Å². The molecule has 1 aliphatic heterocycles. The summed E-state index contributed by atoms with van der Waals surface area (Å²) in [6.45, 7) is 11.2. The van der Waals surface area contributed by atoms with Gasteiger partial charge >= 0.3 is 24.7 Å². The molecule has 0 aromatic heterocycles. The van der Waals surface area contributed by atoms with Gasteiger partial charge in [0, 0.05) is 22.5 Å². The lowest BCUT2D eigenvalue weighted by Crippen LogP contribution is -2.55. The van der Waals surface area contributed by atoms with E-state index in [4.69, 9.17) is 9.84 Å². The maximum Gasteiger partial charge on any atom is 0.411 e. The van der Waals surface area contributed by atoms with Crippen LogP contribution in [0.2, 0.25) is 0 Å². The lowest BCUT2D eigenvalue weighted by molar-refractivity contribution is -0.290. The van der Waals surface area contributed by atoms with E-state index in [1.54, 1.807) is 6.92 Å². The number of aliphatic hydroxyl groups is 1. The van der Waals surface area contributed by atoms with Crippen molar-refractivity contribution < 1.29 is 81.7 Å². The molecule has 6 aromatic rings. The molecule has 21 heteroatoms. The van der Waals surface area contributed by atoms with Crippen LogP contribution in [0.25, 0.3) is 0 Å². The molecule has 3 N–H and O–H groups in total. The summed E-state index contributed by atoms with van der Waals surface area (Å²) >= 11 is 0. The van der Waals surface area contributed by atoms with E-state index < -0.39 is 104 Å². The highest BCUT2D eigenvalue weighted by molar-refractivity contribution is 6.34. The molecule has 0 atom stereocenters. The average molecular weight is 1140 g/mol. The van der Waals surface area contributed by atoms with Crippen molar-refractivity contribution in [1.29, 1.82) is 0 Å². The van der Waals surface area contributed by atoms with Gasteiger partial charge in [-0.25, -0.2) is 4.90 Å². The fraction of sp³-hybridized carbons (Fsp3) is 0.267. The van der Waals surface area contributed by atoms with Gasteiger partial charge < -0.3 is 20.5 Å². The van der Waals surface area contributed by atoms with Gasteiger partial charge in [-0.05, 0) is 147 Å². The number of fused-ring (bicyclic) bond motifs is 1. The van der Waals surface area contributed by atoms with Crippen molar-refractivity contribution in [2.75, 3.05) is 22.1 Å². The largest absolute Gasteiger partial charge is 0.512 e. The number of nitrogens with one attached hydrogen (secondary N) is 2. The van der Waals surface area contributed by atoms with E-state index in [9.17, 15) is 45.5 Å². The van der Waals surface area contributed by atoms with Crippen LogP contribution in [0.4, 0.5) is 69.7 Å². The predicted molar refractivity (Wildman–Crippen MR) is 282 cm³/mol. The number of nitrogens with zero attached hydrogens (tertiary/aromatic N) is 1. The Balaban J connectivity index is 0.000000996. The number of hydrogen-bond acceptors (Lipinski definition) is 6. The summed E-state index contributed by atoms with van der Waals surface area (Å²) in [5, 5.41) is 12.6. The molecule has 6 aromatic carbocycles. The van der Waals surface area contributed by atoms with E-state index in [1.165, 1.54) is 65.1 Å². The molecule has 0 saturated carbocycles. The highest BCUT2D eigenvalue weighted by atomic mass is 19.4. The number of unbranched alkanes of at least 4 members (excludes halogenated alkanes) is 1. The van der Waals surface area contributed by atoms with Crippen LogP contribution in [0, 0.1) is 47.0 Å². The number of anilines is 3. The molecule has 0 radical (unpaired) electrons. The lowest BCUT2D eigenvalue weighted by atomic mass is 9.72. The Kier molecular flexibility index (Phi) is 19.4. The fourth-order valence-corrected chi connectivity index (χ4v) is 8.94. The number of alkyl halides is 12. The molecule has 428 valence electrons. The standard InChI is InChI=1S/C51H37F12N3O4.C6H12O2.C3H4/c1-26-13-17-33(21-30(26)5)46(48(52,53)54,49(55,56)57)34-18-14-27(2)39(23-34)64-42(67)31-9-8-10-32(22-31)43(68)65-40-24-35(19-15-28(40)3)47(50(58,59)60,51(61,62)63)36-20-16-29(4)41(25-36)66-44(69)37-11-6-7-12-38(37)45(66)70;1-2-3-5-8-6-4-7;1-3-2/h6-25H,1-5H3,(H,64,67)(H,65,68);4,6-7H,2-3,5H2,1H3;1H,2H3/b;6-4-;. The van der Waals surface area contributed by atoms with Crippen LogP contribution in [0.3, 0.4) is 0 Å². The third kappa shape index (κ3) is 12.6. The van der Waals surface area contributed by atoms with Crippen molar-refractivity contribution in [2.24, 2.45) is 0 Å². The summed E-state index contributed by atoms with van der Waals surface area (Å²) in [6.07, 6.45) is -15.3. The Morgan fingerprint density at radius 2 is 0.938 bits per heavy atom. The number of terminal acetylenes is 1. The molecule has 4 amide bonds. The zero-order valence-corrected chi connectivity index (χ0v) is 44.4. The molecule has 7 rings (SSSR count). The van der Waals surface area contributed by atoms with Crippen LogP contribution in [0.1, 0.15) is 118 Å². The Hall–Kier alpha value is -8.54. The van der Waals surface area contributed by atoms with Gasteiger partial charge in [-0.1, -0.05) is 86.1 Å². The second kappa shape index (κ2) is 24.9. The van der Waals surface area contributed by atoms with Crippen molar-refractivity contribution in [3.8, 4) is 12.3 Å². The number of rotatable bonds is 13. The quantitative estimate of drug-likeness (QED) is 0.0348. The van der Waals surface area contributed by atoms with Crippen molar-refractivity contribution in [1.82, 2.24) is 0 Å². The summed E-state index contributed by atoms with van der Waals surface area (Å²) < 4.78 is 188. The summed E-state index contributed by atoms with van der Waals surface area (Å²) in [7, 11) is 0. The van der Waals surface area contributed by atoms with Gasteiger partial charge in [0.15, 0.2) is 0 Å². The summed E-state index contributed by atoms with van der Waals surface area (Å²) in [5.74, 6) is -1.98. The molecular weight excluding hydrogens is 1090 g/mol. The van der Waals surface area contributed by atoms with E-state index >= 15 is 26.3 Å². The van der Waals surface area contributed by atoms with Gasteiger partial charge in [0.25, 0.3) is 23.6 Å². The molecule has 1 heterocycles. The smallest absolute Gasteiger partial charge is 0.411 e. The summed E-state index contributed by atoms with van der Waals surface area (Å²) in [4.78, 5) is 54.5.